The molecule has 1 saturated heterocycles. The zero-order valence-corrected chi connectivity index (χ0v) is 9.75. The van der Waals surface area contributed by atoms with Crippen LogP contribution in [0.2, 0.25) is 0 Å². The van der Waals surface area contributed by atoms with Gasteiger partial charge in [0.15, 0.2) is 5.13 Å². The predicted octanol–water partition coefficient (Wildman–Crippen LogP) is 0.614. The van der Waals surface area contributed by atoms with E-state index in [0.29, 0.717) is 0 Å². The monoisotopic (exact) mass is 226 g/mol. The average Bonchev–Trinajstić information content (AvgIpc) is 2.67. The van der Waals surface area contributed by atoms with Gasteiger partial charge in [0.2, 0.25) is 0 Å². The van der Waals surface area contributed by atoms with E-state index in [4.69, 9.17) is 5.73 Å². The first-order valence-electron chi connectivity index (χ1n) is 5.47. The summed E-state index contributed by atoms with van der Waals surface area (Å²) in [5.74, 6) is 0. The molecule has 0 atom stereocenters. The Kier molecular flexibility index (Phi) is 3.94. The summed E-state index contributed by atoms with van der Waals surface area (Å²) in [6, 6.07) is 0. The van der Waals surface area contributed by atoms with Crippen LogP contribution in [0, 0.1) is 0 Å². The molecule has 1 aromatic heterocycles. The number of rotatable bonds is 3. The van der Waals surface area contributed by atoms with Gasteiger partial charge in [-0.1, -0.05) is 0 Å². The van der Waals surface area contributed by atoms with Crippen LogP contribution >= 0.6 is 11.3 Å². The summed E-state index contributed by atoms with van der Waals surface area (Å²) in [7, 11) is 0. The quantitative estimate of drug-likeness (QED) is 0.820. The molecular weight excluding hydrogens is 208 g/mol. The van der Waals surface area contributed by atoms with E-state index in [1.165, 1.54) is 13.0 Å². The van der Waals surface area contributed by atoms with E-state index in [0.717, 1.165) is 37.9 Å². The lowest BCUT2D eigenvalue weighted by atomic mass is 10.4. The molecule has 15 heavy (non-hydrogen) atoms. The molecule has 5 heteroatoms. The van der Waals surface area contributed by atoms with Gasteiger partial charge in [0, 0.05) is 44.3 Å². The highest BCUT2D eigenvalue weighted by atomic mass is 32.1. The minimum Gasteiger partial charge on any atom is -0.347 e. The lowest BCUT2D eigenvalue weighted by molar-refractivity contribution is 0.302. The van der Waals surface area contributed by atoms with Crippen LogP contribution in [0.4, 0.5) is 5.13 Å². The third-order valence-corrected chi connectivity index (χ3v) is 3.56. The highest BCUT2D eigenvalue weighted by molar-refractivity contribution is 7.13. The van der Waals surface area contributed by atoms with E-state index < -0.39 is 0 Å². The maximum atomic E-state index is 5.57. The van der Waals surface area contributed by atoms with Crippen molar-refractivity contribution in [3.63, 3.8) is 0 Å². The van der Waals surface area contributed by atoms with Crippen molar-refractivity contribution in [3.05, 3.63) is 11.6 Å². The van der Waals surface area contributed by atoms with Crippen molar-refractivity contribution in [1.82, 2.24) is 9.88 Å². The van der Waals surface area contributed by atoms with Crippen molar-refractivity contribution in [2.45, 2.75) is 6.42 Å². The number of hydrogen-bond donors (Lipinski definition) is 1. The van der Waals surface area contributed by atoms with E-state index in [2.05, 4.69) is 14.8 Å². The highest BCUT2D eigenvalue weighted by Gasteiger charge is 2.15. The minimum absolute atomic E-state index is 0.761. The molecule has 0 radical (unpaired) electrons. The van der Waals surface area contributed by atoms with Crippen LogP contribution in [-0.2, 0) is 0 Å². The van der Waals surface area contributed by atoms with Crippen molar-refractivity contribution < 1.29 is 0 Å². The van der Waals surface area contributed by atoms with E-state index >= 15 is 0 Å². The first kappa shape index (κ1) is 10.9. The maximum Gasteiger partial charge on any atom is 0.185 e. The Balaban J connectivity index is 1.90. The number of hydrogen-bond acceptors (Lipinski definition) is 5. The Morgan fingerprint density at radius 1 is 1.33 bits per heavy atom. The van der Waals surface area contributed by atoms with Gasteiger partial charge in [-0.05, 0) is 13.0 Å². The summed E-state index contributed by atoms with van der Waals surface area (Å²) in [6.45, 7) is 6.25. The van der Waals surface area contributed by atoms with Gasteiger partial charge in [0.25, 0.3) is 0 Å². The molecule has 2 rings (SSSR count). The largest absolute Gasteiger partial charge is 0.347 e. The number of thiazole rings is 1. The third kappa shape index (κ3) is 2.90. The maximum absolute atomic E-state index is 5.57. The standard InChI is InChI=1S/C10H18N4S/c11-2-6-13-4-1-5-14(8-7-13)10-12-3-9-15-10/h3,9H,1-2,4-8,11H2. The van der Waals surface area contributed by atoms with E-state index in [9.17, 15) is 0 Å². The van der Waals surface area contributed by atoms with Crippen LogP contribution in [-0.4, -0.2) is 49.2 Å². The van der Waals surface area contributed by atoms with Gasteiger partial charge in [-0.3, -0.25) is 0 Å². The molecule has 84 valence electrons. The topological polar surface area (TPSA) is 45.4 Å². The van der Waals surface area contributed by atoms with Gasteiger partial charge in [0.05, 0.1) is 0 Å². The van der Waals surface area contributed by atoms with Crippen molar-refractivity contribution in [1.29, 1.82) is 0 Å². The van der Waals surface area contributed by atoms with Crippen molar-refractivity contribution in [2.75, 3.05) is 44.2 Å². The summed E-state index contributed by atoms with van der Waals surface area (Å²) in [6.07, 6.45) is 3.09. The SMILES string of the molecule is NCCN1CCCN(c2nccs2)CC1. The molecule has 2 heterocycles. The fourth-order valence-electron chi connectivity index (χ4n) is 1.94. The number of anilines is 1. The number of nitrogens with two attached hydrogens (primary N) is 1. The molecule has 0 bridgehead atoms. The molecule has 0 amide bonds. The predicted molar refractivity (Wildman–Crippen MR) is 64.4 cm³/mol. The van der Waals surface area contributed by atoms with Crippen LogP contribution in [0.25, 0.3) is 0 Å². The van der Waals surface area contributed by atoms with Crippen LogP contribution in [0.5, 0.6) is 0 Å². The Labute approximate surface area is 94.7 Å². The Morgan fingerprint density at radius 3 is 3.00 bits per heavy atom. The number of nitrogens with zero attached hydrogens (tertiary/aromatic N) is 3. The van der Waals surface area contributed by atoms with Crippen molar-refractivity contribution in [2.24, 2.45) is 5.73 Å². The summed E-state index contributed by atoms with van der Waals surface area (Å²) in [5.41, 5.74) is 5.57. The van der Waals surface area contributed by atoms with E-state index in [-0.39, 0.29) is 0 Å². The van der Waals surface area contributed by atoms with E-state index in [1.807, 2.05) is 11.6 Å². The van der Waals surface area contributed by atoms with Gasteiger partial charge in [0.1, 0.15) is 0 Å². The molecule has 0 aromatic carbocycles. The van der Waals surface area contributed by atoms with Crippen molar-refractivity contribution in [3.8, 4) is 0 Å². The molecule has 1 fully saturated rings. The zero-order chi connectivity index (χ0) is 10.5. The Bertz CT molecular complexity index is 275. The normalized spacial score (nSPS) is 19.1. The summed E-state index contributed by atoms with van der Waals surface area (Å²) in [4.78, 5) is 9.17. The van der Waals surface area contributed by atoms with Crippen LogP contribution in [0.15, 0.2) is 11.6 Å². The molecule has 0 unspecified atom stereocenters. The molecule has 0 saturated carbocycles. The first-order valence-corrected chi connectivity index (χ1v) is 6.35. The second kappa shape index (κ2) is 5.44. The minimum atomic E-state index is 0.761. The van der Waals surface area contributed by atoms with Crippen molar-refractivity contribution >= 4 is 16.5 Å². The molecular formula is C10H18N4S. The second-order valence-corrected chi connectivity index (χ2v) is 4.66. The molecule has 4 nitrogen and oxygen atoms in total. The molecule has 0 aliphatic carbocycles. The first-order chi connectivity index (χ1) is 7.40. The fourth-order valence-corrected chi connectivity index (χ4v) is 2.64. The fraction of sp³-hybridized carbons (Fsp3) is 0.700. The van der Waals surface area contributed by atoms with Gasteiger partial charge >= 0.3 is 0 Å². The Morgan fingerprint density at radius 2 is 2.27 bits per heavy atom. The number of aromatic nitrogens is 1. The highest BCUT2D eigenvalue weighted by Crippen LogP contribution is 2.18. The van der Waals surface area contributed by atoms with Crippen LogP contribution < -0.4 is 10.6 Å². The van der Waals surface area contributed by atoms with E-state index in [1.54, 1.807) is 11.3 Å². The van der Waals surface area contributed by atoms with Crippen LogP contribution in [0.3, 0.4) is 0 Å². The smallest absolute Gasteiger partial charge is 0.185 e. The molecule has 1 aromatic rings. The lowest BCUT2D eigenvalue weighted by Crippen LogP contribution is -2.33. The molecule has 2 N–H and O–H groups in total. The zero-order valence-electron chi connectivity index (χ0n) is 8.93. The summed E-state index contributed by atoms with van der Waals surface area (Å²) < 4.78 is 0. The lowest BCUT2D eigenvalue weighted by Gasteiger charge is -2.20. The second-order valence-electron chi connectivity index (χ2n) is 3.79. The van der Waals surface area contributed by atoms with Gasteiger partial charge in [-0.25, -0.2) is 4.98 Å². The summed E-state index contributed by atoms with van der Waals surface area (Å²) >= 11 is 1.72. The molecule has 1 aliphatic rings. The van der Waals surface area contributed by atoms with Gasteiger partial charge in [-0.15, -0.1) is 11.3 Å². The van der Waals surface area contributed by atoms with Crippen LogP contribution in [0.1, 0.15) is 6.42 Å². The summed E-state index contributed by atoms with van der Waals surface area (Å²) in [5, 5.41) is 3.20. The average molecular weight is 226 g/mol. The van der Waals surface area contributed by atoms with Gasteiger partial charge in [-0.2, -0.15) is 0 Å². The molecule has 1 aliphatic heterocycles. The molecule has 0 spiro atoms. The third-order valence-electron chi connectivity index (χ3n) is 2.72. The Hall–Kier alpha value is -0.650. The van der Waals surface area contributed by atoms with Gasteiger partial charge < -0.3 is 15.5 Å².